The van der Waals surface area contributed by atoms with Gasteiger partial charge in [-0.15, -0.1) is 0 Å². The van der Waals surface area contributed by atoms with Crippen LogP contribution in [-0.4, -0.2) is 53.2 Å². The molecule has 5 nitrogen and oxygen atoms in total. The average molecular weight is 356 g/mol. The van der Waals surface area contributed by atoms with Crippen molar-refractivity contribution in [1.82, 2.24) is 4.90 Å². The maximum Gasteiger partial charge on any atom is 0.328 e. The molecule has 6 heteroatoms. The first-order chi connectivity index (χ1) is 11.8. The van der Waals surface area contributed by atoms with Crippen molar-refractivity contribution in [3.05, 3.63) is 36.4 Å². The molecule has 1 aliphatic rings. The normalized spacial score (nSPS) is 12.3. The first kappa shape index (κ1) is 17.5. The van der Waals surface area contributed by atoms with E-state index in [0.29, 0.717) is 0 Å². The molecule has 3 rings (SSSR count). The number of amides is 2. The molecule has 0 saturated carbocycles. The van der Waals surface area contributed by atoms with Gasteiger partial charge in [-0.3, -0.25) is 4.90 Å². The standard InChI is InChI=1S/C19H24N4OS/c1-20(2)13-7-9-15-17(11-13)25-18-12-14(21(3)4)8-10-16(18)23(15)19(24)22(5)6/h7-12H,1-6H3. The molecule has 1 heterocycles. The maximum atomic E-state index is 12.9. The van der Waals surface area contributed by atoms with Crippen molar-refractivity contribution in [2.24, 2.45) is 0 Å². The number of fused-ring (bicyclic) bond motifs is 2. The number of carbonyl (C=O) groups is 1. The second-order valence-corrected chi connectivity index (χ2v) is 7.79. The van der Waals surface area contributed by atoms with E-state index in [1.165, 1.54) is 0 Å². The Hall–Kier alpha value is -2.34. The van der Waals surface area contributed by atoms with Gasteiger partial charge in [0.2, 0.25) is 0 Å². The molecule has 2 amide bonds. The third-order valence-corrected chi connectivity index (χ3v) is 5.29. The van der Waals surface area contributed by atoms with Crippen LogP contribution in [0.4, 0.5) is 27.5 Å². The largest absolute Gasteiger partial charge is 0.378 e. The number of rotatable bonds is 2. The predicted octanol–water partition coefficient (Wildman–Crippen LogP) is 4.10. The van der Waals surface area contributed by atoms with Crippen LogP contribution in [0.15, 0.2) is 46.2 Å². The Morgan fingerprint density at radius 1 is 0.800 bits per heavy atom. The van der Waals surface area contributed by atoms with Gasteiger partial charge in [0.05, 0.1) is 11.4 Å². The summed E-state index contributed by atoms with van der Waals surface area (Å²) in [6.07, 6.45) is 0. The Morgan fingerprint density at radius 3 is 1.60 bits per heavy atom. The van der Waals surface area contributed by atoms with Gasteiger partial charge in [0.1, 0.15) is 0 Å². The minimum atomic E-state index is -0.0435. The fourth-order valence-electron chi connectivity index (χ4n) is 2.75. The summed E-state index contributed by atoms with van der Waals surface area (Å²) in [7, 11) is 11.7. The quantitative estimate of drug-likeness (QED) is 0.810. The van der Waals surface area contributed by atoms with Gasteiger partial charge in [0.25, 0.3) is 0 Å². The molecule has 0 aliphatic carbocycles. The van der Waals surface area contributed by atoms with Crippen molar-refractivity contribution in [2.75, 3.05) is 57.0 Å². The van der Waals surface area contributed by atoms with E-state index < -0.39 is 0 Å². The molecule has 2 aromatic rings. The number of anilines is 4. The van der Waals surface area contributed by atoms with Crippen LogP contribution in [0, 0.1) is 0 Å². The molecule has 25 heavy (non-hydrogen) atoms. The van der Waals surface area contributed by atoms with E-state index in [0.717, 1.165) is 32.5 Å². The van der Waals surface area contributed by atoms with Gasteiger partial charge in [0.15, 0.2) is 0 Å². The highest BCUT2D eigenvalue weighted by molar-refractivity contribution is 7.99. The lowest BCUT2D eigenvalue weighted by atomic mass is 10.2. The topological polar surface area (TPSA) is 30.0 Å². The van der Waals surface area contributed by atoms with E-state index in [9.17, 15) is 4.79 Å². The van der Waals surface area contributed by atoms with Crippen LogP contribution in [0.1, 0.15) is 0 Å². The molecular weight excluding hydrogens is 332 g/mol. The van der Waals surface area contributed by atoms with Crippen molar-refractivity contribution in [3.63, 3.8) is 0 Å². The molecular formula is C19H24N4OS. The van der Waals surface area contributed by atoms with Crippen molar-refractivity contribution >= 4 is 40.5 Å². The molecule has 0 aromatic heterocycles. The molecule has 132 valence electrons. The van der Waals surface area contributed by atoms with Crippen LogP contribution < -0.4 is 14.7 Å². The molecule has 0 atom stereocenters. The summed E-state index contributed by atoms with van der Waals surface area (Å²) < 4.78 is 0. The number of hydrogen-bond acceptors (Lipinski definition) is 4. The second-order valence-electron chi connectivity index (χ2n) is 6.71. The molecule has 0 bridgehead atoms. The SMILES string of the molecule is CN(C)C(=O)N1c2ccc(N(C)C)cc2Sc2cc(N(C)C)ccc21. The summed E-state index contributed by atoms with van der Waals surface area (Å²) in [5.74, 6) is 0. The van der Waals surface area contributed by atoms with Gasteiger partial charge >= 0.3 is 6.03 Å². The van der Waals surface area contributed by atoms with Crippen molar-refractivity contribution < 1.29 is 4.79 Å². The van der Waals surface area contributed by atoms with E-state index in [2.05, 4.69) is 34.1 Å². The van der Waals surface area contributed by atoms with Crippen LogP contribution in [0.3, 0.4) is 0 Å². The highest BCUT2D eigenvalue weighted by Gasteiger charge is 2.30. The number of carbonyl (C=O) groups excluding carboxylic acids is 1. The molecule has 2 aromatic carbocycles. The molecule has 1 aliphatic heterocycles. The Bertz CT molecular complexity index is 760. The third-order valence-electron chi connectivity index (χ3n) is 4.20. The van der Waals surface area contributed by atoms with Gasteiger partial charge in [-0.05, 0) is 36.4 Å². The molecule has 0 unspecified atom stereocenters. The first-order valence-electron chi connectivity index (χ1n) is 8.11. The van der Waals surface area contributed by atoms with E-state index in [4.69, 9.17) is 0 Å². The van der Waals surface area contributed by atoms with E-state index >= 15 is 0 Å². The Morgan fingerprint density at radius 2 is 1.24 bits per heavy atom. The molecule has 0 saturated heterocycles. The Balaban J connectivity index is 2.17. The van der Waals surface area contributed by atoms with Gasteiger partial charge < -0.3 is 14.7 Å². The fourth-order valence-corrected chi connectivity index (χ4v) is 3.87. The number of benzene rings is 2. The van der Waals surface area contributed by atoms with Gasteiger partial charge in [-0.1, -0.05) is 11.8 Å². The molecule has 0 fully saturated rings. The first-order valence-corrected chi connectivity index (χ1v) is 8.93. The van der Waals surface area contributed by atoms with Gasteiger partial charge in [0, 0.05) is 63.5 Å². The zero-order valence-electron chi connectivity index (χ0n) is 15.6. The van der Waals surface area contributed by atoms with E-state index in [1.54, 1.807) is 35.7 Å². The molecule has 0 N–H and O–H groups in total. The van der Waals surface area contributed by atoms with Crippen LogP contribution >= 0.6 is 11.8 Å². The third kappa shape index (κ3) is 3.14. The summed E-state index contributed by atoms with van der Waals surface area (Å²) in [5, 5.41) is 0. The summed E-state index contributed by atoms with van der Waals surface area (Å²) in [4.78, 5) is 22.6. The minimum absolute atomic E-state index is 0.0435. The summed E-state index contributed by atoms with van der Waals surface area (Å²) in [5.41, 5.74) is 4.10. The minimum Gasteiger partial charge on any atom is -0.378 e. The smallest absolute Gasteiger partial charge is 0.328 e. The number of nitrogens with zero attached hydrogens (tertiary/aromatic N) is 4. The average Bonchev–Trinajstić information content (AvgIpc) is 2.57. The zero-order valence-corrected chi connectivity index (χ0v) is 16.4. The highest BCUT2D eigenvalue weighted by Crippen LogP contribution is 2.50. The van der Waals surface area contributed by atoms with Gasteiger partial charge in [-0.25, -0.2) is 4.79 Å². The lowest BCUT2D eigenvalue weighted by molar-refractivity contribution is 0.226. The predicted molar refractivity (Wildman–Crippen MR) is 107 cm³/mol. The summed E-state index contributed by atoms with van der Waals surface area (Å²) in [6, 6.07) is 12.4. The number of hydrogen-bond donors (Lipinski definition) is 0. The van der Waals surface area contributed by atoms with E-state index in [1.807, 2.05) is 40.3 Å². The van der Waals surface area contributed by atoms with Crippen LogP contribution in [0.5, 0.6) is 0 Å². The Kier molecular flexibility index (Phi) is 4.56. The lowest BCUT2D eigenvalue weighted by Crippen LogP contribution is -2.37. The van der Waals surface area contributed by atoms with Crippen LogP contribution in [0.2, 0.25) is 0 Å². The monoisotopic (exact) mass is 356 g/mol. The fraction of sp³-hybridized carbons (Fsp3) is 0.316. The molecule has 0 spiro atoms. The van der Waals surface area contributed by atoms with Crippen molar-refractivity contribution in [2.45, 2.75) is 9.79 Å². The maximum absolute atomic E-state index is 12.9. The van der Waals surface area contributed by atoms with Crippen molar-refractivity contribution in [3.8, 4) is 0 Å². The number of urea groups is 1. The lowest BCUT2D eigenvalue weighted by Gasteiger charge is -2.34. The highest BCUT2D eigenvalue weighted by atomic mass is 32.2. The Labute approximate surface area is 153 Å². The zero-order chi connectivity index (χ0) is 18.3. The van der Waals surface area contributed by atoms with Gasteiger partial charge in [-0.2, -0.15) is 0 Å². The summed E-state index contributed by atoms with van der Waals surface area (Å²) in [6.45, 7) is 0. The van der Waals surface area contributed by atoms with E-state index in [-0.39, 0.29) is 6.03 Å². The van der Waals surface area contributed by atoms with Crippen LogP contribution in [-0.2, 0) is 0 Å². The molecule has 0 radical (unpaired) electrons. The summed E-state index contributed by atoms with van der Waals surface area (Å²) >= 11 is 1.71. The van der Waals surface area contributed by atoms with Crippen molar-refractivity contribution in [1.29, 1.82) is 0 Å². The van der Waals surface area contributed by atoms with Crippen LogP contribution in [0.25, 0.3) is 0 Å². The second kappa shape index (κ2) is 6.52.